The van der Waals surface area contributed by atoms with Gasteiger partial charge in [-0.1, -0.05) is 12.2 Å². The second-order valence-electron chi connectivity index (χ2n) is 4.70. The Morgan fingerprint density at radius 2 is 2.40 bits per heavy atom. The molecule has 0 spiro atoms. The molecule has 1 aliphatic carbocycles. The number of hydrogen-bond acceptors (Lipinski definition) is 3. The Kier molecular flexibility index (Phi) is 2.23. The summed E-state index contributed by atoms with van der Waals surface area (Å²) in [6.07, 6.45) is 2.29. The normalized spacial score (nSPS) is 39.4. The fraction of sp³-hybridized carbons (Fsp3) is 0.583. The third-order valence-corrected chi connectivity index (χ3v) is 3.55. The van der Waals surface area contributed by atoms with Gasteiger partial charge in [0.25, 0.3) is 0 Å². The Hall–Kier alpha value is -1.09. The van der Waals surface area contributed by atoms with Gasteiger partial charge in [-0.2, -0.15) is 0 Å². The van der Waals surface area contributed by atoms with Crippen LogP contribution in [0.5, 0.6) is 0 Å². The average Bonchev–Trinajstić information content (AvgIpc) is 2.41. The summed E-state index contributed by atoms with van der Waals surface area (Å²) in [6, 6.07) is 0. The molecule has 0 saturated heterocycles. The third-order valence-electron chi connectivity index (χ3n) is 3.55. The summed E-state index contributed by atoms with van der Waals surface area (Å²) in [5.41, 5.74) is 1.17. The minimum absolute atomic E-state index is 0.258. The molecule has 0 amide bonds. The molecule has 3 nitrogen and oxygen atoms in total. The second-order valence-corrected chi connectivity index (χ2v) is 4.70. The zero-order valence-electron chi connectivity index (χ0n) is 9.12. The number of fused-ring (bicyclic) bond motifs is 1. The summed E-state index contributed by atoms with van der Waals surface area (Å²) in [5.74, 6) is -0.0808. The van der Waals surface area contributed by atoms with Gasteiger partial charge in [-0.25, -0.2) is 4.79 Å². The first-order chi connectivity index (χ1) is 6.93. The fourth-order valence-electron chi connectivity index (χ4n) is 2.35. The topological polar surface area (TPSA) is 46.5 Å². The summed E-state index contributed by atoms with van der Waals surface area (Å²) in [7, 11) is 0. The molecular formula is C12H16O3. The Morgan fingerprint density at radius 3 is 3.00 bits per heavy atom. The highest BCUT2D eigenvalue weighted by molar-refractivity contribution is 5.87. The standard InChI is InChI=1S/C12H16O3/c1-7(2)8-4-9-6-11(14)15-12(9,3)10(13)5-8/h6,8,10,13H,1,4-5H2,2-3H3/t8-,10-,12-/m1/s1. The zero-order valence-corrected chi connectivity index (χ0v) is 9.12. The van der Waals surface area contributed by atoms with E-state index in [9.17, 15) is 9.90 Å². The van der Waals surface area contributed by atoms with E-state index >= 15 is 0 Å². The Morgan fingerprint density at radius 1 is 1.73 bits per heavy atom. The van der Waals surface area contributed by atoms with Crippen molar-refractivity contribution >= 4 is 5.97 Å². The highest BCUT2D eigenvalue weighted by Gasteiger charge is 2.49. The second kappa shape index (κ2) is 3.20. The number of allylic oxidation sites excluding steroid dienone is 1. The molecule has 0 aromatic heterocycles. The lowest BCUT2D eigenvalue weighted by Crippen LogP contribution is -2.46. The highest BCUT2D eigenvalue weighted by atomic mass is 16.6. The van der Waals surface area contributed by atoms with Gasteiger partial charge in [0.1, 0.15) is 0 Å². The number of rotatable bonds is 1. The van der Waals surface area contributed by atoms with Gasteiger partial charge in [0.15, 0.2) is 5.60 Å². The lowest BCUT2D eigenvalue weighted by atomic mass is 9.72. The van der Waals surface area contributed by atoms with Crippen molar-refractivity contribution in [2.45, 2.75) is 38.4 Å². The van der Waals surface area contributed by atoms with Gasteiger partial charge in [0.2, 0.25) is 0 Å². The smallest absolute Gasteiger partial charge is 0.331 e. The Labute approximate surface area is 89.4 Å². The van der Waals surface area contributed by atoms with E-state index in [1.165, 1.54) is 6.08 Å². The summed E-state index contributed by atoms with van der Waals surface area (Å²) in [4.78, 5) is 11.2. The predicted octanol–water partition coefficient (Wildman–Crippen LogP) is 1.58. The first kappa shape index (κ1) is 10.4. The van der Waals surface area contributed by atoms with Crippen molar-refractivity contribution in [1.29, 1.82) is 0 Å². The van der Waals surface area contributed by atoms with E-state index in [2.05, 4.69) is 6.58 Å². The van der Waals surface area contributed by atoms with Gasteiger partial charge in [-0.05, 0) is 38.2 Å². The maximum absolute atomic E-state index is 11.2. The SMILES string of the molecule is C=C(C)[C@@H]1CC2=CC(=O)O[C@@]2(C)[C@H](O)C1. The van der Waals surface area contributed by atoms with Crippen LogP contribution in [0.15, 0.2) is 23.8 Å². The summed E-state index contributed by atoms with van der Waals surface area (Å²) in [6.45, 7) is 7.64. The van der Waals surface area contributed by atoms with E-state index in [1.807, 2.05) is 6.92 Å². The molecule has 1 fully saturated rings. The molecule has 3 atom stereocenters. The molecule has 0 radical (unpaired) electrons. The zero-order chi connectivity index (χ0) is 11.2. The van der Waals surface area contributed by atoms with Crippen LogP contribution >= 0.6 is 0 Å². The molecule has 15 heavy (non-hydrogen) atoms. The maximum Gasteiger partial charge on any atom is 0.331 e. The van der Waals surface area contributed by atoms with Gasteiger partial charge in [-0.15, -0.1) is 0 Å². The van der Waals surface area contributed by atoms with E-state index in [-0.39, 0.29) is 11.9 Å². The van der Waals surface area contributed by atoms with E-state index in [1.54, 1.807) is 6.92 Å². The largest absolute Gasteiger partial charge is 0.449 e. The lowest BCUT2D eigenvalue weighted by molar-refractivity contribution is -0.156. The molecule has 1 heterocycles. The van der Waals surface area contributed by atoms with Gasteiger partial charge in [0, 0.05) is 6.08 Å². The van der Waals surface area contributed by atoms with Gasteiger partial charge >= 0.3 is 5.97 Å². The van der Waals surface area contributed by atoms with Crippen LogP contribution in [0.25, 0.3) is 0 Å². The molecule has 1 aliphatic heterocycles. The quantitative estimate of drug-likeness (QED) is 0.525. The minimum Gasteiger partial charge on any atom is -0.449 e. The van der Waals surface area contributed by atoms with E-state index < -0.39 is 11.7 Å². The van der Waals surface area contributed by atoms with Crippen molar-refractivity contribution in [3.63, 3.8) is 0 Å². The van der Waals surface area contributed by atoms with Crippen molar-refractivity contribution in [3.05, 3.63) is 23.8 Å². The first-order valence-electron chi connectivity index (χ1n) is 5.21. The van der Waals surface area contributed by atoms with Crippen LogP contribution in [0.4, 0.5) is 0 Å². The number of carbonyl (C=O) groups is 1. The summed E-state index contributed by atoms with van der Waals surface area (Å²) in [5, 5.41) is 10.0. The molecule has 0 aromatic carbocycles. The molecule has 0 unspecified atom stereocenters. The number of hydrogen-bond donors (Lipinski definition) is 1. The summed E-state index contributed by atoms with van der Waals surface area (Å²) < 4.78 is 5.18. The van der Waals surface area contributed by atoms with Gasteiger partial charge in [-0.3, -0.25) is 0 Å². The Balaban J connectivity index is 2.29. The molecule has 0 aromatic rings. The molecule has 82 valence electrons. The van der Waals surface area contributed by atoms with Crippen molar-refractivity contribution < 1.29 is 14.6 Å². The first-order valence-corrected chi connectivity index (χ1v) is 5.21. The van der Waals surface area contributed by atoms with Crippen molar-refractivity contribution in [2.24, 2.45) is 5.92 Å². The number of esters is 1. The molecule has 2 aliphatic rings. The van der Waals surface area contributed by atoms with E-state index in [0.29, 0.717) is 6.42 Å². The molecular weight excluding hydrogens is 192 g/mol. The Bertz CT molecular complexity index is 356. The number of aliphatic hydroxyl groups excluding tert-OH is 1. The van der Waals surface area contributed by atoms with Crippen LogP contribution in [0.1, 0.15) is 26.7 Å². The maximum atomic E-state index is 11.2. The van der Waals surface area contributed by atoms with E-state index in [4.69, 9.17) is 4.74 Å². The van der Waals surface area contributed by atoms with Crippen LogP contribution in [-0.2, 0) is 9.53 Å². The van der Waals surface area contributed by atoms with Crippen LogP contribution in [-0.4, -0.2) is 22.8 Å². The minimum atomic E-state index is -0.789. The van der Waals surface area contributed by atoms with Crippen molar-refractivity contribution in [1.82, 2.24) is 0 Å². The molecule has 1 N–H and O–H groups in total. The van der Waals surface area contributed by atoms with Crippen molar-refractivity contribution in [2.75, 3.05) is 0 Å². The number of ether oxygens (including phenoxy) is 1. The van der Waals surface area contributed by atoms with E-state index in [0.717, 1.165) is 17.6 Å². The predicted molar refractivity (Wildman–Crippen MR) is 56.1 cm³/mol. The van der Waals surface area contributed by atoms with Gasteiger partial charge in [0.05, 0.1) is 6.10 Å². The monoisotopic (exact) mass is 208 g/mol. The van der Waals surface area contributed by atoms with Crippen molar-refractivity contribution in [3.8, 4) is 0 Å². The summed E-state index contributed by atoms with van der Waals surface area (Å²) >= 11 is 0. The fourth-order valence-corrected chi connectivity index (χ4v) is 2.35. The molecule has 1 saturated carbocycles. The van der Waals surface area contributed by atoms with Crippen LogP contribution in [0, 0.1) is 5.92 Å². The van der Waals surface area contributed by atoms with Crippen LogP contribution < -0.4 is 0 Å². The van der Waals surface area contributed by atoms with Crippen LogP contribution in [0.3, 0.4) is 0 Å². The molecule has 3 heteroatoms. The third kappa shape index (κ3) is 1.51. The van der Waals surface area contributed by atoms with Gasteiger partial charge < -0.3 is 9.84 Å². The molecule has 2 rings (SSSR count). The average molecular weight is 208 g/mol. The lowest BCUT2D eigenvalue weighted by Gasteiger charge is -2.39. The van der Waals surface area contributed by atoms with Crippen LogP contribution in [0.2, 0.25) is 0 Å². The number of aliphatic hydroxyl groups is 1. The molecule has 0 bridgehead atoms. The highest BCUT2D eigenvalue weighted by Crippen LogP contribution is 2.44. The number of carbonyl (C=O) groups excluding carboxylic acids is 1.